The Kier molecular flexibility index (Phi) is 8.29. The summed E-state index contributed by atoms with van der Waals surface area (Å²) in [6.45, 7) is 4.02. The van der Waals surface area contributed by atoms with Crippen LogP contribution in [-0.2, 0) is 32.2 Å². The van der Waals surface area contributed by atoms with Crippen molar-refractivity contribution in [2.24, 2.45) is 29.1 Å². The Morgan fingerprint density at radius 1 is 0.846 bits per heavy atom. The van der Waals surface area contributed by atoms with Crippen LogP contribution in [0.15, 0.2) is 103 Å². The molecule has 4 aromatic rings. The molecular weight excluding hydrogens is 683 g/mol. The normalized spacial score (nSPS) is 26.6. The van der Waals surface area contributed by atoms with Crippen LogP contribution in [0.4, 0.5) is 15.8 Å². The van der Waals surface area contributed by atoms with Crippen molar-refractivity contribution >= 4 is 46.6 Å². The minimum absolute atomic E-state index is 0.130. The Balaban J connectivity index is 1.21. The second kappa shape index (κ2) is 12.7. The molecule has 0 aromatic heterocycles. The number of aromatic hydroxyl groups is 1. The van der Waals surface area contributed by atoms with Crippen molar-refractivity contribution in [3.05, 3.63) is 130 Å². The number of amides is 4. The average Bonchev–Trinajstić information content (AvgIpc) is 3.52. The fraction of sp³-hybridized carbons (Fsp3) is 0.286. The van der Waals surface area contributed by atoms with Gasteiger partial charge in [0.05, 0.1) is 39.6 Å². The molecule has 4 aliphatic rings. The highest BCUT2D eigenvalue weighted by molar-refractivity contribution is 6.32. The van der Waals surface area contributed by atoms with Gasteiger partial charge >= 0.3 is 0 Å². The number of ether oxygens (including phenoxy) is 1. The lowest BCUT2D eigenvalue weighted by Gasteiger charge is -2.49. The number of phenols is 1. The fourth-order valence-corrected chi connectivity index (χ4v) is 9.14. The number of aryl methyl sites for hydroxylation is 1. The number of anilines is 2. The second-order valence-electron chi connectivity index (χ2n) is 14.3. The zero-order valence-corrected chi connectivity index (χ0v) is 29.3. The van der Waals surface area contributed by atoms with E-state index in [0.29, 0.717) is 17.0 Å². The molecular formula is C42H36ClFN2O6. The molecule has 1 saturated carbocycles. The molecule has 3 fully saturated rings. The number of nitrogens with zero attached hydrogens (tertiary/aromatic N) is 2. The minimum atomic E-state index is -1.40. The third kappa shape index (κ3) is 5.16. The summed E-state index contributed by atoms with van der Waals surface area (Å²) < 4.78 is 20.2. The van der Waals surface area contributed by atoms with E-state index in [1.807, 2.05) is 55.5 Å². The summed E-state index contributed by atoms with van der Waals surface area (Å²) >= 11 is 6.12. The molecule has 4 amide bonds. The minimum Gasteiger partial charge on any atom is -0.508 e. The van der Waals surface area contributed by atoms with E-state index in [1.165, 1.54) is 23.1 Å². The highest BCUT2D eigenvalue weighted by Crippen LogP contribution is 2.64. The molecule has 2 saturated heterocycles. The lowest BCUT2D eigenvalue weighted by Crippen LogP contribution is -2.48. The van der Waals surface area contributed by atoms with E-state index in [2.05, 4.69) is 0 Å². The summed E-state index contributed by atoms with van der Waals surface area (Å²) in [5.41, 5.74) is 2.38. The third-order valence-electron chi connectivity index (χ3n) is 11.6. The standard InChI is InChI=1S/C42H36ClFN2O6/c1-3-23-9-11-25(12-10-23)45-38(48)30-17-16-28-31(36(30)40(45)50)21-32-39(49)46(26-13-18-34(44)33(43)19-26)41(51)42(32,2)37(28)29-15-14-27(20-35(29)47)52-22-24-7-5-4-6-8-24/h4-16,18-20,30-32,36-37,47H,3,17,21-22H2,1-2H3/t30-,31+,32-,36-,37+,42+/m0/s1. The molecule has 0 radical (unpaired) electrons. The van der Waals surface area contributed by atoms with Gasteiger partial charge in [0.1, 0.15) is 23.9 Å². The fourth-order valence-electron chi connectivity index (χ4n) is 8.96. The van der Waals surface area contributed by atoms with Crippen LogP contribution >= 0.6 is 11.6 Å². The monoisotopic (exact) mass is 718 g/mol. The van der Waals surface area contributed by atoms with E-state index < -0.39 is 52.6 Å². The topological polar surface area (TPSA) is 104 Å². The molecule has 0 bridgehead atoms. The average molecular weight is 719 g/mol. The van der Waals surface area contributed by atoms with Crippen LogP contribution in [0.25, 0.3) is 0 Å². The maximum absolute atomic E-state index is 14.7. The molecule has 2 aliphatic heterocycles. The van der Waals surface area contributed by atoms with Gasteiger partial charge in [-0.2, -0.15) is 0 Å². The summed E-state index contributed by atoms with van der Waals surface area (Å²) in [7, 11) is 0. The van der Waals surface area contributed by atoms with Gasteiger partial charge in [-0.25, -0.2) is 9.29 Å². The summed E-state index contributed by atoms with van der Waals surface area (Å²) in [5.74, 6) is -5.81. The van der Waals surface area contributed by atoms with Crippen LogP contribution in [0.2, 0.25) is 5.02 Å². The highest BCUT2D eigenvalue weighted by Gasteiger charge is 2.68. The highest BCUT2D eigenvalue weighted by atomic mass is 35.5. The smallest absolute Gasteiger partial charge is 0.241 e. The molecule has 264 valence electrons. The van der Waals surface area contributed by atoms with Crippen LogP contribution in [0.5, 0.6) is 11.5 Å². The van der Waals surface area contributed by atoms with Gasteiger partial charge in [0.2, 0.25) is 23.6 Å². The Bertz CT molecular complexity index is 2170. The van der Waals surface area contributed by atoms with E-state index in [0.717, 1.165) is 34.1 Å². The van der Waals surface area contributed by atoms with Crippen LogP contribution in [-0.4, -0.2) is 28.7 Å². The zero-order valence-electron chi connectivity index (χ0n) is 28.6. The van der Waals surface area contributed by atoms with Gasteiger partial charge in [0.25, 0.3) is 0 Å². The molecule has 1 N–H and O–H groups in total. The SMILES string of the molecule is CCc1ccc(N2C(=O)[C@H]3[C@H](CC=C4[C@H]3C[C@H]3C(=O)N(c5ccc(F)c(Cl)c5)C(=O)[C@@]3(C)[C@H]4c3ccc(OCc4ccccc4)cc3O)C2=O)cc1. The molecule has 0 spiro atoms. The van der Waals surface area contributed by atoms with Crippen LogP contribution in [0.3, 0.4) is 0 Å². The number of benzene rings is 4. The number of phenolic OH excluding ortho intramolecular Hbond substituents is 1. The summed E-state index contributed by atoms with van der Waals surface area (Å²) in [4.78, 5) is 59.8. The Labute approximate surface area is 305 Å². The number of rotatable bonds is 7. The maximum Gasteiger partial charge on any atom is 0.241 e. The number of imide groups is 2. The van der Waals surface area contributed by atoms with Crippen molar-refractivity contribution in [1.82, 2.24) is 0 Å². The third-order valence-corrected chi connectivity index (χ3v) is 11.9. The van der Waals surface area contributed by atoms with Crippen molar-refractivity contribution in [2.75, 3.05) is 9.80 Å². The zero-order chi connectivity index (χ0) is 36.5. The quantitative estimate of drug-likeness (QED) is 0.155. The summed E-state index contributed by atoms with van der Waals surface area (Å²) in [6.07, 6.45) is 3.14. The Morgan fingerprint density at radius 3 is 2.27 bits per heavy atom. The molecule has 52 heavy (non-hydrogen) atoms. The molecule has 0 unspecified atom stereocenters. The van der Waals surface area contributed by atoms with Gasteiger partial charge in [0.15, 0.2) is 0 Å². The number of fused-ring (bicyclic) bond motifs is 4. The first-order valence-electron chi connectivity index (χ1n) is 17.5. The van der Waals surface area contributed by atoms with Gasteiger partial charge in [0, 0.05) is 17.5 Å². The predicted molar refractivity (Wildman–Crippen MR) is 193 cm³/mol. The molecule has 2 heterocycles. The van der Waals surface area contributed by atoms with Gasteiger partial charge in [-0.15, -0.1) is 0 Å². The van der Waals surface area contributed by atoms with Gasteiger partial charge in [-0.05, 0) is 79.6 Å². The van der Waals surface area contributed by atoms with Gasteiger partial charge in [-0.3, -0.25) is 24.1 Å². The van der Waals surface area contributed by atoms with Crippen molar-refractivity contribution in [1.29, 1.82) is 0 Å². The van der Waals surface area contributed by atoms with E-state index in [9.17, 15) is 28.7 Å². The van der Waals surface area contributed by atoms with E-state index in [-0.39, 0.29) is 47.7 Å². The number of carbonyl (C=O) groups is 4. The molecule has 10 heteroatoms. The predicted octanol–water partition coefficient (Wildman–Crippen LogP) is 7.76. The number of hydrogen-bond acceptors (Lipinski definition) is 6. The van der Waals surface area contributed by atoms with Crippen molar-refractivity contribution in [3.8, 4) is 11.5 Å². The van der Waals surface area contributed by atoms with Crippen LogP contribution < -0.4 is 14.5 Å². The van der Waals surface area contributed by atoms with Crippen molar-refractivity contribution in [3.63, 3.8) is 0 Å². The lowest BCUT2D eigenvalue weighted by molar-refractivity contribution is -0.131. The maximum atomic E-state index is 14.7. The number of halogens is 2. The number of hydrogen-bond donors (Lipinski definition) is 1. The van der Waals surface area contributed by atoms with Crippen LogP contribution in [0, 0.1) is 34.9 Å². The van der Waals surface area contributed by atoms with Gasteiger partial charge in [-0.1, -0.05) is 78.7 Å². The van der Waals surface area contributed by atoms with E-state index >= 15 is 0 Å². The van der Waals surface area contributed by atoms with Crippen LogP contribution in [0.1, 0.15) is 49.3 Å². The lowest BCUT2D eigenvalue weighted by atomic mass is 9.51. The first-order valence-corrected chi connectivity index (χ1v) is 17.9. The molecule has 8 nitrogen and oxygen atoms in total. The molecule has 2 aliphatic carbocycles. The number of carbonyl (C=O) groups excluding carboxylic acids is 4. The largest absolute Gasteiger partial charge is 0.508 e. The Hall–Kier alpha value is -5.28. The molecule has 8 rings (SSSR count). The van der Waals surface area contributed by atoms with Gasteiger partial charge < -0.3 is 9.84 Å². The first-order chi connectivity index (χ1) is 25.0. The second-order valence-corrected chi connectivity index (χ2v) is 14.7. The van der Waals surface area contributed by atoms with E-state index in [4.69, 9.17) is 16.3 Å². The first kappa shape index (κ1) is 33.8. The molecule has 4 aromatic carbocycles. The van der Waals surface area contributed by atoms with Crippen molar-refractivity contribution in [2.45, 2.75) is 45.6 Å². The summed E-state index contributed by atoms with van der Waals surface area (Å²) in [6, 6.07) is 25.6. The van der Waals surface area contributed by atoms with E-state index in [1.54, 1.807) is 31.2 Å². The molecule has 6 atom stereocenters. The summed E-state index contributed by atoms with van der Waals surface area (Å²) in [5, 5.41) is 11.4. The van der Waals surface area contributed by atoms with Crippen molar-refractivity contribution < 1.29 is 33.4 Å². The Morgan fingerprint density at radius 2 is 1.58 bits per heavy atom. The number of allylic oxidation sites excluding steroid dienone is 2.